The van der Waals surface area contributed by atoms with Crippen LogP contribution in [-0.2, 0) is 11.0 Å². The van der Waals surface area contributed by atoms with E-state index in [4.69, 9.17) is 10.1 Å². The van der Waals surface area contributed by atoms with Gasteiger partial charge in [-0.2, -0.15) is 18.3 Å². The number of imide groups is 1. The van der Waals surface area contributed by atoms with Gasteiger partial charge in [-0.3, -0.25) is 28.9 Å². The topological polar surface area (TPSA) is 143 Å². The van der Waals surface area contributed by atoms with Crippen LogP contribution in [0.3, 0.4) is 0 Å². The number of nitrogens with one attached hydrogen (secondary N) is 2. The molecule has 1 aliphatic carbocycles. The van der Waals surface area contributed by atoms with E-state index >= 15 is 0 Å². The number of piperidine rings is 1. The number of hydrogen-bond donors (Lipinski definition) is 2. The molecular formula is C36H37F3N10O3. The molecule has 8 rings (SSSR count). The molecule has 5 aromatic rings. The number of aromatic nitrogens is 6. The maximum absolute atomic E-state index is 13.0. The number of pyridine rings is 3. The normalized spacial score (nSPS) is 20.8. The summed E-state index contributed by atoms with van der Waals surface area (Å²) in [6, 6.07) is 8.83. The molecule has 7 heterocycles. The van der Waals surface area contributed by atoms with Crippen molar-refractivity contribution in [2.24, 2.45) is 5.92 Å². The van der Waals surface area contributed by atoms with E-state index in [0.29, 0.717) is 29.7 Å². The third-order valence-electron chi connectivity index (χ3n) is 10.5. The minimum absolute atomic E-state index is 0.209. The minimum atomic E-state index is -4.65. The number of alkyl halides is 3. The summed E-state index contributed by atoms with van der Waals surface area (Å²) in [6.07, 6.45) is 8.99. The van der Waals surface area contributed by atoms with E-state index in [0.717, 1.165) is 81.3 Å². The van der Waals surface area contributed by atoms with E-state index in [-0.39, 0.29) is 29.9 Å². The van der Waals surface area contributed by atoms with Crippen molar-refractivity contribution in [1.82, 2.24) is 39.3 Å². The number of nitrogens with zero attached hydrogens (tertiary/aromatic N) is 8. The molecule has 0 radical (unpaired) electrons. The van der Waals surface area contributed by atoms with Crippen molar-refractivity contribution >= 4 is 46.0 Å². The average Bonchev–Trinajstić information content (AvgIpc) is 3.77. The summed E-state index contributed by atoms with van der Waals surface area (Å²) in [5, 5.41) is 10.5. The summed E-state index contributed by atoms with van der Waals surface area (Å²) >= 11 is 0. The van der Waals surface area contributed by atoms with Gasteiger partial charge in [-0.1, -0.05) is 12.1 Å². The Labute approximate surface area is 296 Å². The van der Waals surface area contributed by atoms with Crippen LogP contribution >= 0.6 is 0 Å². The van der Waals surface area contributed by atoms with Crippen molar-refractivity contribution in [2.75, 3.05) is 36.4 Å². The van der Waals surface area contributed by atoms with Crippen molar-refractivity contribution in [3.05, 3.63) is 78.1 Å². The number of imidazole rings is 1. The van der Waals surface area contributed by atoms with Gasteiger partial charge in [0.25, 0.3) is 5.91 Å². The Bertz CT molecular complexity index is 2150. The van der Waals surface area contributed by atoms with Crippen LogP contribution in [0.25, 0.3) is 16.6 Å². The standard InChI is InChI=1S/C36H37F3N10O3/c37-36(38,39)29-5-1-4-27(42-29)34(51)43-30-17-24-21-49(45-28(24)18-40-30)25-8-6-22(7-9-25)20-46-14-10-23(11-15-46)26-3-2-13-47-32(19-41-33(26)47)48-16-12-31(50)44-35(48)52/h1-5,13,17-19,21-23,25H,6-12,14-16,20H2,(H,43,51)(H,44,50,52). The fourth-order valence-corrected chi connectivity index (χ4v) is 7.81. The molecule has 2 saturated heterocycles. The summed E-state index contributed by atoms with van der Waals surface area (Å²) in [7, 11) is 0. The largest absolute Gasteiger partial charge is 0.433 e. The molecule has 0 atom stereocenters. The molecule has 2 aliphatic heterocycles. The first-order chi connectivity index (χ1) is 25.1. The fraction of sp³-hybridized carbons (Fsp3) is 0.417. The summed E-state index contributed by atoms with van der Waals surface area (Å²) in [4.78, 5) is 53.3. The highest BCUT2D eigenvalue weighted by molar-refractivity contribution is 6.05. The third kappa shape index (κ3) is 6.81. The van der Waals surface area contributed by atoms with Crippen LogP contribution in [0.4, 0.5) is 29.6 Å². The lowest BCUT2D eigenvalue weighted by Gasteiger charge is -2.36. The number of rotatable bonds is 7. The van der Waals surface area contributed by atoms with E-state index in [9.17, 15) is 27.6 Å². The molecule has 16 heteroatoms. The van der Waals surface area contributed by atoms with Crippen molar-refractivity contribution in [3.8, 4) is 0 Å². The number of amides is 4. The molecule has 52 heavy (non-hydrogen) atoms. The molecule has 0 unspecified atom stereocenters. The van der Waals surface area contributed by atoms with Gasteiger partial charge in [0, 0.05) is 37.3 Å². The Morgan fingerprint density at radius 2 is 1.77 bits per heavy atom. The molecule has 1 saturated carbocycles. The SMILES string of the molecule is O=C1CCN(c2cnc3c(C4CCN(CC5CCC(n6cc7cc(NC(=O)c8cccc(C(F)(F)F)n8)ncc7n6)CC5)CC4)cccn23)C(=O)N1. The van der Waals surface area contributed by atoms with Gasteiger partial charge in [0.2, 0.25) is 5.91 Å². The van der Waals surface area contributed by atoms with Crippen molar-refractivity contribution in [1.29, 1.82) is 0 Å². The number of anilines is 2. The second kappa shape index (κ2) is 13.6. The third-order valence-corrected chi connectivity index (χ3v) is 10.5. The van der Waals surface area contributed by atoms with Gasteiger partial charge >= 0.3 is 12.2 Å². The summed E-state index contributed by atoms with van der Waals surface area (Å²) in [5.74, 6) is 0.812. The van der Waals surface area contributed by atoms with E-state index in [1.807, 2.05) is 27.5 Å². The van der Waals surface area contributed by atoms with Crippen LogP contribution in [0.2, 0.25) is 0 Å². The molecule has 270 valence electrons. The van der Waals surface area contributed by atoms with Crippen molar-refractivity contribution in [3.63, 3.8) is 0 Å². The second-order valence-electron chi connectivity index (χ2n) is 13.9. The quantitative estimate of drug-likeness (QED) is 0.215. The highest BCUT2D eigenvalue weighted by Gasteiger charge is 2.33. The molecule has 13 nitrogen and oxygen atoms in total. The molecule has 0 spiro atoms. The first kappa shape index (κ1) is 33.7. The first-order valence-electron chi connectivity index (χ1n) is 17.6. The molecule has 2 N–H and O–H groups in total. The van der Waals surface area contributed by atoms with Gasteiger partial charge in [-0.15, -0.1) is 0 Å². The molecule has 5 aromatic heterocycles. The van der Waals surface area contributed by atoms with Crippen LogP contribution in [0.5, 0.6) is 0 Å². The van der Waals surface area contributed by atoms with Crippen molar-refractivity contribution in [2.45, 2.75) is 63.1 Å². The predicted octanol–water partition coefficient (Wildman–Crippen LogP) is 5.80. The monoisotopic (exact) mass is 714 g/mol. The van der Waals surface area contributed by atoms with Crippen LogP contribution in [0, 0.1) is 5.92 Å². The maximum Gasteiger partial charge on any atom is 0.433 e. The number of halogens is 3. The number of hydrogen-bond acceptors (Lipinski definition) is 8. The summed E-state index contributed by atoms with van der Waals surface area (Å²) in [6.45, 7) is 3.41. The molecule has 0 aromatic carbocycles. The number of fused-ring (bicyclic) bond motifs is 2. The highest BCUT2D eigenvalue weighted by atomic mass is 19.4. The molecular weight excluding hydrogens is 677 g/mol. The van der Waals surface area contributed by atoms with E-state index in [1.54, 1.807) is 23.4 Å². The average molecular weight is 715 g/mol. The molecule has 0 bridgehead atoms. The Hall–Kier alpha value is -5.38. The van der Waals surface area contributed by atoms with E-state index < -0.39 is 23.8 Å². The predicted molar refractivity (Wildman–Crippen MR) is 185 cm³/mol. The lowest BCUT2D eigenvalue weighted by Crippen LogP contribution is -2.50. The van der Waals surface area contributed by atoms with Crippen LogP contribution in [-0.4, -0.2) is 78.1 Å². The summed E-state index contributed by atoms with van der Waals surface area (Å²) < 4.78 is 43.1. The minimum Gasteiger partial charge on any atom is -0.305 e. The lowest BCUT2D eigenvalue weighted by molar-refractivity contribution is -0.141. The van der Waals surface area contributed by atoms with E-state index in [1.165, 1.54) is 11.6 Å². The molecule has 3 fully saturated rings. The Balaban J connectivity index is 0.836. The van der Waals surface area contributed by atoms with Gasteiger partial charge in [0.1, 0.15) is 34.2 Å². The fourth-order valence-electron chi connectivity index (χ4n) is 7.81. The van der Waals surface area contributed by atoms with Crippen LogP contribution in [0.1, 0.15) is 78.7 Å². The van der Waals surface area contributed by atoms with Crippen LogP contribution < -0.4 is 15.5 Å². The Morgan fingerprint density at radius 3 is 2.54 bits per heavy atom. The van der Waals surface area contributed by atoms with Gasteiger partial charge in [-0.25, -0.2) is 19.7 Å². The molecule has 3 aliphatic rings. The zero-order chi connectivity index (χ0) is 36.0. The van der Waals surface area contributed by atoms with E-state index in [2.05, 4.69) is 31.6 Å². The zero-order valence-electron chi connectivity index (χ0n) is 28.2. The smallest absolute Gasteiger partial charge is 0.305 e. The zero-order valence-corrected chi connectivity index (χ0v) is 28.2. The van der Waals surface area contributed by atoms with Gasteiger partial charge < -0.3 is 10.2 Å². The first-order valence-corrected chi connectivity index (χ1v) is 17.6. The number of carbonyl (C=O) groups excluding carboxylic acids is 3. The maximum atomic E-state index is 13.0. The molecule has 4 amide bonds. The number of carbonyl (C=O) groups is 3. The highest BCUT2D eigenvalue weighted by Crippen LogP contribution is 2.36. The van der Waals surface area contributed by atoms with Gasteiger partial charge in [0.05, 0.1) is 18.4 Å². The second-order valence-corrected chi connectivity index (χ2v) is 13.9. The van der Waals surface area contributed by atoms with Crippen LogP contribution in [0.15, 0.2) is 61.2 Å². The van der Waals surface area contributed by atoms with Gasteiger partial charge in [0.15, 0.2) is 0 Å². The number of likely N-dealkylation sites (tertiary alicyclic amines) is 1. The van der Waals surface area contributed by atoms with Crippen molar-refractivity contribution < 1.29 is 27.6 Å². The van der Waals surface area contributed by atoms with Gasteiger partial charge in [-0.05, 0) is 93.3 Å². The number of urea groups is 1. The lowest BCUT2D eigenvalue weighted by atomic mass is 9.84. The summed E-state index contributed by atoms with van der Waals surface area (Å²) in [5.41, 5.74) is 1.24. The Morgan fingerprint density at radius 1 is 0.962 bits per heavy atom. The Kier molecular flexibility index (Phi) is 8.85.